The van der Waals surface area contributed by atoms with Crippen LogP contribution in [0.4, 0.5) is 10.1 Å². The molecule has 0 fully saturated rings. The molecule has 0 aliphatic carbocycles. The molecule has 3 aromatic rings. The highest BCUT2D eigenvalue weighted by atomic mass is 35.5. The summed E-state index contributed by atoms with van der Waals surface area (Å²) in [6.45, 7) is 1.15. The molecule has 0 unspecified atom stereocenters. The van der Waals surface area contributed by atoms with Crippen molar-refractivity contribution in [1.29, 1.82) is 0 Å². The van der Waals surface area contributed by atoms with Crippen LogP contribution in [-0.2, 0) is 19.1 Å². The zero-order valence-electron chi connectivity index (χ0n) is 18.6. The van der Waals surface area contributed by atoms with Gasteiger partial charge in [0.1, 0.15) is 18.2 Å². The predicted molar refractivity (Wildman–Crippen MR) is 122 cm³/mol. The Labute approximate surface area is 203 Å². The third kappa shape index (κ3) is 5.01. The highest BCUT2D eigenvalue weighted by molar-refractivity contribution is 6.31. The van der Waals surface area contributed by atoms with Gasteiger partial charge in [0.15, 0.2) is 0 Å². The zero-order chi connectivity index (χ0) is 25.1. The van der Waals surface area contributed by atoms with E-state index < -0.39 is 35.7 Å². The second-order valence-corrected chi connectivity index (χ2v) is 7.99. The first-order valence-corrected chi connectivity index (χ1v) is 10.7. The van der Waals surface area contributed by atoms with Crippen LogP contribution in [-0.4, -0.2) is 62.3 Å². The number of tetrazole rings is 1. The Hall–Kier alpha value is -4.19. The second kappa shape index (κ2) is 9.97. The molecule has 4 rings (SSSR count). The second-order valence-electron chi connectivity index (χ2n) is 7.56. The number of carbonyl (C=O) groups excluding carboxylic acids is 3. The molecule has 2 aromatic carbocycles. The van der Waals surface area contributed by atoms with Crippen molar-refractivity contribution >= 4 is 41.3 Å². The lowest BCUT2D eigenvalue weighted by Gasteiger charge is -2.29. The van der Waals surface area contributed by atoms with Gasteiger partial charge in [-0.15, -0.1) is 5.10 Å². The third-order valence-corrected chi connectivity index (χ3v) is 5.48. The fraction of sp³-hybridized carbons (Fsp3) is 0.227. The van der Waals surface area contributed by atoms with E-state index in [-0.39, 0.29) is 12.0 Å². The van der Waals surface area contributed by atoms with Crippen LogP contribution < -0.4 is 4.90 Å². The van der Waals surface area contributed by atoms with Gasteiger partial charge in [0.2, 0.25) is 6.10 Å². The van der Waals surface area contributed by atoms with Gasteiger partial charge >= 0.3 is 5.97 Å². The smallest absolute Gasteiger partial charge is 0.303 e. The average molecular weight is 500 g/mol. The van der Waals surface area contributed by atoms with E-state index in [4.69, 9.17) is 16.3 Å². The van der Waals surface area contributed by atoms with Gasteiger partial charge < -0.3 is 9.64 Å². The van der Waals surface area contributed by atoms with Gasteiger partial charge in [0.25, 0.3) is 11.8 Å². The fourth-order valence-corrected chi connectivity index (χ4v) is 3.76. The molecular weight excluding hydrogens is 481 g/mol. The van der Waals surface area contributed by atoms with Gasteiger partial charge in [0.05, 0.1) is 11.4 Å². The van der Waals surface area contributed by atoms with E-state index in [9.17, 15) is 18.8 Å². The summed E-state index contributed by atoms with van der Waals surface area (Å²) in [5.74, 6) is -2.47. The third-order valence-electron chi connectivity index (χ3n) is 5.25. The molecule has 180 valence electrons. The number of aromatic nitrogens is 4. The maximum atomic E-state index is 13.5. The van der Waals surface area contributed by atoms with Crippen LogP contribution in [0.5, 0.6) is 0 Å². The van der Waals surface area contributed by atoms with Crippen LogP contribution in [0.15, 0.2) is 53.9 Å². The minimum absolute atomic E-state index is 0.131. The maximum Gasteiger partial charge on any atom is 0.303 e. The maximum absolute atomic E-state index is 13.5. The molecule has 13 heteroatoms. The first kappa shape index (κ1) is 24.0. The Bertz CT molecular complexity index is 1280. The highest BCUT2D eigenvalue weighted by Gasteiger charge is 2.40. The lowest BCUT2D eigenvalue weighted by atomic mass is 10.1. The van der Waals surface area contributed by atoms with Crippen LogP contribution in [0, 0.1) is 5.82 Å². The summed E-state index contributed by atoms with van der Waals surface area (Å²) in [6, 6.07) is 8.76. The summed E-state index contributed by atoms with van der Waals surface area (Å²) in [5, 5.41) is 16.5. The number of likely N-dealkylation sites (N-methyl/N-ethyl adjacent to an activating group) is 1. The number of carbonyl (C=O) groups is 3. The van der Waals surface area contributed by atoms with E-state index in [1.807, 2.05) is 0 Å². The first-order chi connectivity index (χ1) is 16.8. The fourth-order valence-electron chi connectivity index (χ4n) is 3.59. The SMILES string of the molecule is CC(=O)O[C@@H](C(=O)N1N=CC[C@H]1C(=O)N(C)c1cc(Cl)ccc1-n1cnnn1)c1ccc(F)cc1. The van der Waals surface area contributed by atoms with Gasteiger partial charge in [-0.2, -0.15) is 9.78 Å². The molecule has 0 bridgehead atoms. The molecule has 11 nitrogen and oxygen atoms in total. The molecule has 2 heterocycles. The lowest BCUT2D eigenvalue weighted by molar-refractivity contribution is -0.160. The molecule has 0 radical (unpaired) electrons. The van der Waals surface area contributed by atoms with E-state index in [2.05, 4.69) is 20.6 Å². The van der Waals surface area contributed by atoms with Crippen LogP contribution in [0.25, 0.3) is 5.69 Å². The average Bonchev–Trinajstić information content (AvgIpc) is 3.54. The number of amides is 2. The summed E-state index contributed by atoms with van der Waals surface area (Å²) in [7, 11) is 1.52. The summed E-state index contributed by atoms with van der Waals surface area (Å²) in [4.78, 5) is 39.9. The Balaban J connectivity index is 1.63. The van der Waals surface area contributed by atoms with E-state index in [1.165, 1.54) is 41.3 Å². The quantitative estimate of drug-likeness (QED) is 0.477. The molecule has 1 aliphatic rings. The Morgan fingerprint density at radius 1 is 1.20 bits per heavy atom. The number of benzene rings is 2. The minimum Gasteiger partial charge on any atom is -0.447 e. The van der Waals surface area contributed by atoms with Crippen molar-refractivity contribution in [2.75, 3.05) is 11.9 Å². The number of hydrogen-bond donors (Lipinski definition) is 0. The molecule has 0 N–H and O–H groups in total. The van der Waals surface area contributed by atoms with Gasteiger partial charge in [0, 0.05) is 37.2 Å². The normalized spacial score (nSPS) is 15.7. The van der Waals surface area contributed by atoms with E-state index in [0.717, 1.165) is 24.1 Å². The van der Waals surface area contributed by atoms with Crippen molar-refractivity contribution in [2.45, 2.75) is 25.5 Å². The number of anilines is 1. The molecular formula is C22H19ClFN7O4. The number of rotatable bonds is 6. The van der Waals surface area contributed by atoms with Gasteiger partial charge in [-0.25, -0.2) is 9.40 Å². The lowest BCUT2D eigenvalue weighted by Crippen LogP contribution is -2.47. The summed E-state index contributed by atoms with van der Waals surface area (Å²) >= 11 is 6.17. The Morgan fingerprint density at radius 3 is 2.60 bits per heavy atom. The van der Waals surface area contributed by atoms with Crippen LogP contribution in [0.3, 0.4) is 0 Å². The molecule has 0 saturated carbocycles. The topological polar surface area (TPSA) is 123 Å². The summed E-state index contributed by atoms with van der Waals surface area (Å²) < 4.78 is 20.0. The van der Waals surface area contributed by atoms with Crippen molar-refractivity contribution in [1.82, 2.24) is 25.2 Å². The number of nitrogens with zero attached hydrogens (tertiary/aromatic N) is 7. The molecule has 0 saturated heterocycles. The predicted octanol–water partition coefficient (Wildman–Crippen LogP) is 2.31. The molecule has 2 atom stereocenters. The number of halogens is 2. The van der Waals surface area contributed by atoms with Crippen molar-refractivity contribution in [3.8, 4) is 5.69 Å². The van der Waals surface area contributed by atoms with Crippen LogP contribution in [0.1, 0.15) is 25.0 Å². The Kier molecular flexibility index (Phi) is 6.82. The van der Waals surface area contributed by atoms with Crippen molar-refractivity contribution in [2.24, 2.45) is 5.10 Å². The van der Waals surface area contributed by atoms with Gasteiger partial charge in [-0.1, -0.05) is 23.7 Å². The van der Waals surface area contributed by atoms with Crippen LogP contribution >= 0.6 is 11.6 Å². The largest absolute Gasteiger partial charge is 0.447 e. The van der Waals surface area contributed by atoms with Crippen molar-refractivity contribution in [3.05, 3.63) is 65.2 Å². The number of ether oxygens (including phenoxy) is 1. The number of hydrazone groups is 1. The van der Waals surface area contributed by atoms with E-state index >= 15 is 0 Å². The van der Waals surface area contributed by atoms with E-state index in [1.54, 1.807) is 18.2 Å². The molecule has 35 heavy (non-hydrogen) atoms. The molecule has 0 spiro atoms. The van der Waals surface area contributed by atoms with Gasteiger partial charge in [-0.05, 0) is 40.8 Å². The Morgan fingerprint density at radius 2 is 1.94 bits per heavy atom. The van der Waals surface area contributed by atoms with Crippen LogP contribution in [0.2, 0.25) is 5.02 Å². The zero-order valence-corrected chi connectivity index (χ0v) is 19.3. The highest BCUT2D eigenvalue weighted by Crippen LogP contribution is 2.30. The van der Waals surface area contributed by atoms with Gasteiger partial charge in [-0.3, -0.25) is 14.4 Å². The van der Waals surface area contributed by atoms with Crippen molar-refractivity contribution < 1.29 is 23.5 Å². The summed E-state index contributed by atoms with van der Waals surface area (Å²) in [5.41, 5.74) is 1.12. The monoisotopic (exact) mass is 499 g/mol. The number of esters is 1. The van der Waals surface area contributed by atoms with Crippen molar-refractivity contribution in [3.63, 3.8) is 0 Å². The van der Waals surface area contributed by atoms with E-state index in [0.29, 0.717) is 16.4 Å². The molecule has 1 aliphatic heterocycles. The summed E-state index contributed by atoms with van der Waals surface area (Å²) in [6.07, 6.45) is 1.51. The molecule has 1 aromatic heterocycles. The molecule has 2 amide bonds. The standard InChI is InChI=1S/C22H19ClFN7O4/c1-13(32)35-20(14-3-6-16(24)7-4-14)22(34)31-18(9-10-26-31)21(33)29(2)19-11-15(23)5-8-17(19)30-12-25-27-28-30/h3-8,10-12,18,20H,9H2,1-2H3/t18-,20+/m0/s1. The first-order valence-electron chi connectivity index (χ1n) is 10.3. The number of hydrogen-bond acceptors (Lipinski definition) is 8. The minimum atomic E-state index is -1.41.